The Labute approximate surface area is 90.1 Å². The van der Waals surface area contributed by atoms with Gasteiger partial charge in [0.2, 0.25) is 0 Å². The zero-order chi connectivity index (χ0) is 11.3. The van der Waals surface area contributed by atoms with Gasteiger partial charge in [0, 0.05) is 20.6 Å². The molecule has 5 nitrogen and oxygen atoms in total. The summed E-state index contributed by atoms with van der Waals surface area (Å²) in [7, 11) is 5.54. The highest BCUT2D eigenvalue weighted by Gasteiger charge is 2.13. The first-order valence-electron chi connectivity index (χ1n) is 5.03. The van der Waals surface area contributed by atoms with Crippen molar-refractivity contribution in [2.45, 2.75) is 6.42 Å². The van der Waals surface area contributed by atoms with Crippen LogP contribution in [0.5, 0.6) is 0 Å². The van der Waals surface area contributed by atoms with Crippen LogP contribution in [0.3, 0.4) is 0 Å². The molecule has 1 aromatic heterocycles. The van der Waals surface area contributed by atoms with E-state index in [1.54, 1.807) is 22.0 Å². The Kier molecular flexibility index (Phi) is 4.30. The predicted octanol–water partition coefficient (Wildman–Crippen LogP) is 0.102. The van der Waals surface area contributed by atoms with Gasteiger partial charge in [-0.15, -0.1) is 0 Å². The molecule has 0 fully saturated rings. The summed E-state index contributed by atoms with van der Waals surface area (Å²) in [5.74, 6) is 0.0195. The van der Waals surface area contributed by atoms with Crippen LogP contribution in [-0.4, -0.2) is 47.5 Å². The highest BCUT2D eigenvalue weighted by atomic mass is 16.2. The summed E-state index contributed by atoms with van der Waals surface area (Å²) in [5.41, 5.74) is 0.627. The van der Waals surface area contributed by atoms with E-state index in [-0.39, 0.29) is 5.91 Å². The first-order chi connectivity index (χ1) is 7.16. The molecule has 0 spiro atoms. The standard InChI is InChI=1S/C10H18N4O/c1-11-5-4-6-13(2)10(15)9-7-12-8-14(9)3/h7-8,11H,4-6H2,1-3H3. The third-order valence-electron chi connectivity index (χ3n) is 2.30. The van der Waals surface area contributed by atoms with Gasteiger partial charge in [-0.1, -0.05) is 0 Å². The predicted molar refractivity (Wildman–Crippen MR) is 58.7 cm³/mol. The minimum Gasteiger partial charge on any atom is -0.340 e. The quantitative estimate of drug-likeness (QED) is 0.701. The van der Waals surface area contributed by atoms with E-state index in [4.69, 9.17) is 0 Å². The van der Waals surface area contributed by atoms with Gasteiger partial charge in [0.25, 0.3) is 5.91 Å². The summed E-state index contributed by atoms with van der Waals surface area (Å²) in [4.78, 5) is 17.5. The molecule has 5 heteroatoms. The van der Waals surface area contributed by atoms with Gasteiger partial charge < -0.3 is 14.8 Å². The molecule has 0 saturated carbocycles. The molecule has 0 unspecified atom stereocenters. The van der Waals surface area contributed by atoms with Crippen molar-refractivity contribution in [1.82, 2.24) is 19.8 Å². The van der Waals surface area contributed by atoms with Crippen molar-refractivity contribution in [2.75, 3.05) is 27.2 Å². The number of carbonyl (C=O) groups excluding carboxylic acids is 1. The Morgan fingerprint density at radius 3 is 2.93 bits per heavy atom. The van der Waals surface area contributed by atoms with Crippen molar-refractivity contribution < 1.29 is 4.79 Å². The number of hydrogen-bond acceptors (Lipinski definition) is 3. The third kappa shape index (κ3) is 3.06. The Bertz CT molecular complexity index is 321. The van der Waals surface area contributed by atoms with Crippen LogP contribution < -0.4 is 5.32 Å². The average Bonchev–Trinajstić information content (AvgIpc) is 2.63. The molecule has 1 N–H and O–H groups in total. The Balaban J connectivity index is 2.50. The zero-order valence-electron chi connectivity index (χ0n) is 9.53. The number of aryl methyl sites for hydroxylation is 1. The fourth-order valence-electron chi connectivity index (χ4n) is 1.35. The van der Waals surface area contributed by atoms with Gasteiger partial charge in [0.15, 0.2) is 0 Å². The second-order valence-corrected chi connectivity index (χ2v) is 3.57. The zero-order valence-corrected chi connectivity index (χ0v) is 9.53. The van der Waals surface area contributed by atoms with Crippen molar-refractivity contribution in [3.05, 3.63) is 18.2 Å². The summed E-state index contributed by atoms with van der Waals surface area (Å²) in [5, 5.41) is 3.05. The molecule has 0 bridgehead atoms. The maximum atomic E-state index is 11.9. The molecule has 0 aliphatic heterocycles. The monoisotopic (exact) mass is 210 g/mol. The van der Waals surface area contributed by atoms with Crippen molar-refractivity contribution in [3.8, 4) is 0 Å². The van der Waals surface area contributed by atoms with Crippen LogP contribution in [0.4, 0.5) is 0 Å². The van der Waals surface area contributed by atoms with Crippen LogP contribution in [0.15, 0.2) is 12.5 Å². The van der Waals surface area contributed by atoms with E-state index in [2.05, 4.69) is 10.3 Å². The fraction of sp³-hybridized carbons (Fsp3) is 0.600. The lowest BCUT2D eigenvalue weighted by Gasteiger charge is -2.16. The van der Waals surface area contributed by atoms with E-state index in [0.717, 1.165) is 19.5 Å². The summed E-state index contributed by atoms with van der Waals surface area (Å²) in [6.45, 7) is 1.67. The molecular formula is C10H18N4O. The number of hydrogen-bond donors (Lipinski definition) is 1. The number of carbonyl (C=O) groups is 1. The molecule has 1 aromatic rings. The molecule has 0 aromatic carbocycles. The van der Waals surface area contributed by atoms with Crippen molar-refractivity contribution in [1.29, 1.82) is 0 Å². The molecule has 0 aliphatic carbocycles. The maximum absolute atomic E-state index is 11.9. The highest BCUT2D eigenvalue weighted by molar-refractivity contribution is 5.92. The largest absolute Gasteiger partial charge is 0.340 e. The van der Waals surface area contributed by atoms with Crippen LogP contribution in [-0.2, 0) is 7.05 Å². The first-order valence-corrected chi connectivity index (χ1v) is 5.03. The molecule has 0 aliphatic rings. The lowest BCUT2D eigenvalue weighted by Crippen LogP contribution is -2.30. The van der Waals surface area contributed by atoms with Crippen LogP contribution in [0.25, 0.3) is 0 Å². The van der Waals surface area contributed by atoms with E-state index in [1.807, 2.05) is 21.1 Å². The van der Waals surface area contributed by atoms with Gasteiger partial charge in [0.1, 0.15) is 5.69 Å². The second-order valence-electron chi connectivity index (χ2n) is 3.57. The number of rotatable bonds is 5. The molecular weight excluding hydrogens is 192 g/mol. The smallest absolute Gasteiger partial charge is 0.271 e. The first kappa shape index (κ1) is 11.7. The van der Waals surface area contributed by atoms with Crippen LogP contribution in [0.1, 0.15) is 16.9 Å². The number of aromatic nitrogens is 2. The van der Waals surface area contributed by atoms with E-state index in [9.17, 15) is 4.79 Å². The number of amides is 1. The van der Waals surface area contributed by atoms with Crippen LogP contribution in [0.2, 0.25) is 0 Å². The van der Waals surface area contributed by atoms with E-state index >= 15 is 0 Å². The van der Waals surface area contributed by atoms with Crippen molar-refractivity contribution >= 4 is 5.91 Å². The van der Waals surface area contributed by atoms with Gasteiger partial charge in [0.05, 0.1) is 12.5 Å². The van der Waals surface area contributed by atoms with Crippen LogP contribution in [0, 0.1) is 0 Å². The highest BCUT2D eigenvalue weighted by Crippen LogP contribution is 2.01. The topological polar surface area (TPSA) is 50.2 Å². The lowest BCUT2D eigenvalue weighted by atomic mass is 10.3. The molecule has 15 heavy (non-hydrogen) atoms. The normalized spacial score (nSPS) is 10.3. The molecule has 1 amide bonds. The number of imidazole rings is 1. The van der Waals surface area contributed by atoms with Crippen molar-refractivity contribution in [3.63, 3.8) is 0 Å². The molecule has 0 saturated heterocycles. The summed E-state index contributed by atoms with van der Waals surface area (Å²) in [6.07, 6.45) is 4.18. The summed E-state index contributed by atoms with van der Waals surface area (Å²) < 4.78 is 1.73. The molecule has 1 heterocycles. The lowest BCUT2D eigenvalue weighted by molar-refractivity contribution is 0.0784. The van der Waals surface area contributed by atoms with Gasteiger partial charge in [-0.3, -0.25) is 4.79 Å². The van der Waals surface area contributed by atoms with Crippen molar-refractivity contribution in [2.24, 2.45) is 7.05 Å². The fourth-order valence-corrected chi connectivity index (χ4v) is 1.35. The van der Waals surface area contributed by atoms with Crippen LogP contribution >= 0.6 is 0 Å². The minimum atomic E-state index is 0.0195. The molecule has 1 rings (SSSR count). The van der Waals surface area contributed by atoms with E-state index in [0.29, 0.717) is 5.69 Å². The number of nitrogens with zero attached hydrogens (tertiary/aromatic N) is 3. The molecule has 0 atom stereocenters. The Hall–Kier alpha value is -1.36. The SMILES string of the molecule is CNCCCN(C)C(=O)c1cncn1C. The van der Waals surface area contributed by atoms with Gasteiger partial charge in [-0.2, -0.15) is 0 Å². The Morgan fingerprint density at radius 2 is 2.40 bits per heavy atom. The van der Waals surface area contributed by atoms with Gasteiger partial charge in [-0.25, -0.2) is 4.98 Å². The van der Waals surface area contributed by atoms with Gasteiger partial charge >= 0.3 is 0 Å². The summed E-state index contributed by atoms with van der Waals surface area (Å²) >= 11 is 0. The van der Waals surface area contributed by atoms with E-state index in [1.165, 1.54) is 0 Å². The number of nitrogens with one attached hydrogen (secondary N) is 1. The Morgan fingerprint density at radius 1 is 1.67 bits per heavy atom. The maximum Gasteiger partial charge on any atom is 0.271 e. The third-order valence-corrected chi connectivity index (χ3v) is 2.30. The van der Waals surface area contributed by atoms with Gasteiger partial charge in [-0.05, 0) is 20.0 Å². The average molecular weight is 210 g/mol. The molecule has 84 valence electrons. The minimum absolute atomic E-state index is 0.0195. The summed E-state index contributed by atoms with van der Waals surface area (Å²) in [6, 6.07) is 0. The second kappa shape index (κ2) is 5.50. The molecule has 0 radical (unpaired) electrons. The van der Waals surface area contributed by atoms with E-state index < -0.39 is 0 Å².